The van der Waals surface area contributed by atoms with Gasteiger partial charge in [0.2, 0.25) is 0 Å². The van der Waals surface area contributed by atoms with E-state index >= 15 is 0 Å². The van der Waals surface area contributed by atoms with Crippen LogP contribution in [-0.2, 0) is 18.9 Å². The fourth-order valence-electron chi connectivity index (χ4n) is 3.97. The van der Waals surface area contributed by atoms with Crippen molar-refractivity contribution in [1.29, 1.82) is 0 Å². The van der Waals surface area contributed by atoms with E-state index < -0.39 is 67.8 Å². The van der Waals surface area contributed by atoms with Gasteiger partial charge in [-0.2, -0.15) is 0 Å². The van der Waals surface area contributed by atoms with Gasteiger partial charge in [0.05, 0.1) is 32.4 Å². The lowest BCUT2D eigenvalue weighted by Gasteiger charge is -2.46. The first-order valence-electron chi connectivity index (χ1n) is 10.9. The molecule has 0 aromatic heterocycles. The minimum atomic E-state index is -1.59. The highest BCUT2D eigenvalue weighted by molar-refractivity contribution is 4.95. The van der Waals surface area contributed by atoms with Crippen molar-refractivity contribution in [2.45, 2.75) is 68.1 Å². The molecule has 2 heterocycles. The molecule has 0 spiro atoms. The van der Waals surface area contributed by atoms with E-state index in [-0.39, 0.29) is 37.8 Å². The highest BCUT2D eigenvalue weighted by Crippen LogP contribution is 2.29. The maximum Gasteiger partial charge on any atom is 0.187 e. The number of hydrogen-bond donors (Lipinski definition) is 7. The quantitative estimate of drug-likeness (QED) is 0.0581. The molecule has 200 valence electrons. The Labute approximate surface area is 196 Å². The fourth-order valence-corrected chi connectivity index (χ4v) is 3.97. The molecule has 2 aliphatic rings. The van der Waals surface area contributed by atoms with Gasteiger partial charge in [-0.1, -0.05) is 0 Å². The molecule has 0 radical (unpaired) electrons. The number of methoxy groups -OCH3 is 1. The summed E-state index contributed by atoms with van der Waals surface area (Å²) in [6, 6.07) is 0. The predicted molar refractivity (Wildman–Crippen MR) is 111 cm³/mol. The molecule has 1 unspecified atom stereocenters. The van der Waals surface area contributed by atoms with Crippen LogP contribution in [0.4, 0.5) is 0 Å². The molecule has 16 nitrogen and oxygen atoms in total. The van der Waals surface area contributed by atoms with E-state index in [9.17, 15) is 35.9 Å². The van der Waals surface area contributed by atoms with E-state index in [4.69, 9.17) is 24.1 Å². The van der Waals surface area contributed by atoms with E-state index in [1.54, 1.807) is 0 Å². The molecule has 0 bridgehead atoms. The topological polar surface area (TPSA) is 235 Å². The number of hydrazine groups is 1. The van der Waals surface area contributed by atoms with Crippen molar-refractivity contribution in [2.24, 2.45) is 5.28 Å². The van der Waals surface area contributed by atoms with Crippen LogP contribution in [0.5, 0.6) is 0 Å². The van der Waals surface area contributed by atoms with Crippen molar-refractivity contribution in [3.63, 3.8) is 0 Å². The summed E-state index contributed by atoms with van der Waals surface area (Å²) in [5.41, 5.74) is 0. The Morgan fingerprint density at radius 3 is 2.26 bits per heavy atom. The average Bonchev–Trinajstić information content (AvgIpc) is 2.83. The maximum atomic E-state index is 11.4. The number of hydrogen-bond acceptors (Lipinski definition) is 14. The van der Waals surface area contributed by atoms with Gasteiger partial charge in [-0.05, 0) is 12.2 Å². The van der Waals surface area contributed by atoms with Gasteiger partial charge in [-0.3, -0.25) is 0 Å². The third-order valence-corrected chi connectivity index (χ3v) is 5.87. The SMILES string of the molecule is CO[C@H]1[C@H](O)[C@@H](O)[C@@H](OC2[C@@H](CO)O[C@H](C)[C@H](O)[C@H]2O)O[C@@H]1CNCCN(CCO)/[N+]([O-])=N/[O-]. The van der Waals surface area contributed by atoms with Gasteiger partial charge in [-0.25, -0.2) is 0 Å². The smallest absolute Gasteiger partial charge is 0.187 e. The van der Waals surface area contributed by atoms with Crippen LogP contribution in [0.1, 0.15) is 6.92 Å². The zero-order valence-corrected chi connectivity index (χ0v) is 19.0. The summed E-state index contributed by atoms with van der Waals surface area (Å²) < 4.78 is 22.1. The van der Waals surface area contributed by atoms with Gasteiger partial charge >= 0.3 is 0 Å². The molecular weight excluding hydrogens is 464 g/mol. The molecule has 2 aliphatic heterocycles. The van der Waals surface area contributed by atoms with Crippen molar-refractivity contribution < 1.29 is 54.6 Å². The summed E-state index contributed by atoms with van der Waals surface area (Å²) in [6.07, 6.45) is -12.2. The third-order valence-electron chi connectivity index (χ3n) is 5.87. The van der Waals surface area contributed by atoms with Crippen molar-refractivity contribution in [2.75, 3.05) is 46.5 Å². The lowest BCUT2D eigenvalue weighted by molar-refractivity contribution is -0.690. The normalized spacial score (nSPS) is 39.2. The second-order valence-corrected chi connectivity index (χ2v) is 8.08. The lowest BCUT2D eigenvalue weighted by atomic mass is 9.95. The molecule has 0 aromatic rings. The standard InChI is InChI=1S/C18H36N4O12/c1-9-12(25)13(26)17(11(8-24)32-9)34-18-15(28)14(27)16(31-2)10(33-18)7-19-3-4-21(5-6-23)22(30)20-29/h9-19,23-29H,3-8H2,1-2H3/p-1/b22-20-/t9-,10-,11-,12+,13-,14-,15-,16-,17?,18-/m1/s1. The van der Waals surface area contributed by atoms with Crippen LogP contribution < -0.4 is 5.32 Å². The highest BCUT2D eigenvalue weighted by Gasteiger charge is 2.50. The summed E-state index contributed by atoms with van der Waals surface area (Å²) in [7, 11) is 1.31. The molecule has 0 aliphatic carbocycles. The largest absolute Gasteiger partial charge is 0.737 e. The molecular formula is C18H35N4O12-. The molecule has 2 rings (SSSR count). The average molecular weight is 499 g/mol. The molecule has 0 saturated carbocycles. The van der Waals surface area contributed by atoms with E-state index in [1.165, 1.54) is 14.0 Å². The van der Waals surface area contributed by atoms with Crippen LogP contribution in [0.15, 0.2) is 5.28 Å². The fraction of sp³-hybridized carbons (Fsp3) is 1.00. The molecule has 0 aromatic carbocycles. The van der Waals surface area contributed by atoms with Crippen molar-refractivity contribution in [3.05, 3.63) is 10.4 Å². The van der Waals surface area contributed by atoms with Gasteiger partial charge < -0.3 is 65.3 Å². The summed E-state index contributed by atoms with van der Waals surface area (Å²) >= 11 is 0. The van der Waals surface area contributed by atoms with E-state index in [0.717, 1.165) is 5.01 Å². The molecule has 0 amide bonds. The zero-order chi connectivity index (χ0) is 25.4. The Morgan fingerprint density at radius 1 is 1.00 bits per heavy atom. The Balaban J connectivity index is 2.02. The van der Waals surface area contributed by atoms with Crippen molar-refractivity contribution >= 4 is 0 Å². The third kappa shape index (κ3) is 6.82. The number of rotatable bonds is 12. The van der Waals surface area contributed by atoms with E-state index in [1.807, 2.05) is 0 Å². The number of ether oxygens (including phenoxy) is 4. The summed E-state index contributed by atoms with van der Waals surface area (Å²) in [4.78, 5) is -0.179. The molecule has 34 heavy (non-hydrogen) atoms. The monoisotopic (exact) mass is 499 g/mol. The highest BCUT2D eigenvalue weighted by atomic mass is 16.7. The van der Waals surface area contributed by atoms with E-state index in [2.05, 4.69) is 10.6 Å². The maximum absolute atomic E-state index is 11.4. The molecule has 2 fully saturated rings. The molecule has 10 atom stereocenters. The number of nitrogens with one attached hydrogen (secondary N) is 1. The Hall–Kier alpha value is -1.44. The van der Waals surface area contributed by atoms with Crippen molar-refractivity contribution in [3.8, 4) is 0 Å². The number of aliphatic hydroxyl groups excluding tert-OH is 6. The number of nitrogens with zero attached hydrogens (tertiary/aromatic N) is 3. The van der Waals surface area contributed by atoms with Crippen molar-refractivity contribution in [1.82, 2.24) is 10.3 Å². The Bertz CT molecular complexity index is 632. The van der Waals surface area contributed by atoms with Crippen LogP contribution in [0.2, 0.25) is 0 Å². The molecule has 2 saturated heterocycles. The molecule has 16 heteroatoms. The number of aliphatic hydroxyl groups is 6. The van der Waals surface area contributed by atoms with Gasteiger partial charge in [0.1, 0.15) is 48.8 Å². The summed E-state index contributed by atoms with van der Waals surface area (Å²) in [5, 5.41) is 88.0. The first kappa shape index (κ1) is 28.8. The van der Waals surface area contributed by atoms with Crippen LogP contribution >= 0.6 is 0 Å². The van der Waals surface area contributed by atoms with Gasteiger partial charge in [0.25, 0.3) is 0 Å². The predicted octanol–water partition coefficient (Wildman–Crippen LogP) is -4.41. The van der Waals surface area contributed by atoms with Crippen LogP contribution in [-0.4, -0.2) is 148 Å². The van der Waals surface area contributed by atoms with Gasteiger partial charge in [-0.15, -0.1) is 5.01 Å². The minimum absolute atomic E-state index is 0.0190. The Kier molecular flexibility index (Phi) is 11.5. The van der Waals surface area contributed by atoms with Gasteiger partial charge in [0, 0.05) is 25.2 Å². The van der Waals surface area contributed by atoms with Crippen LogP contribution in [0.25, 0.3) is 0 Å². The lowest BCUT2D eigenvalue weighted by Crippen LogP contribution is -2.65. The minimum Gasteiger partial charge on any atom is -0.737 e. The van der Waals surface area contributed by atoms with Crippen LogP contribution in [0, 0.1) is 10.4 Å². The van der Waals surface area contributed by atoms with Gasteiger partial charge in [0.15, 0.2) is 6.29 Å². The first-order chi connectivity index (χ1) is 16.2. The first-order valence-corrected chi connectivity index (χ1v) is 10.9. The molecule has 7 N–H and O–H groups in total. The van der Waals surface area contributed by atoms with Crippen LogP contribution in [0.3, 0.4) is 0 Å². The Morgan fingerprint density at radius 2 is 1.68 bits per heavy atom. The second-order valence-electron chi connectivity index (χ2n) is 8.08. The van der Waals surface area contributed by atoms with E-state index in [0.29, 0.717) is 0 Å². The zero-order valence-electron chi connectivity index (χ0n) is 19.0. The second kappa shape index (κ2) is 13.6. The summed E-state index contributed by atoms with van der Waals surface area (Å²) in [5.74, 6) is 0. The summed E-state index contributed by atoms with van der Waals surface area (Å²) in [6.45, 7) is 0.731.